The summed E-state index contributed by atoms with van der Waals surface area (Å²) in [5.41, 5.74) is -2.83. The second kappa shape index (κ2) is 11.2. The predicted octanol–water partition coefficient (Wildman–Crippen LogP) is 3.98. The minimum atomic E-state index is -5.35. The maximum Gasteiger partial charge on any atom is 0.471 e. The van der Waals surface area contributed by atoms with E-state index in [1.165, 1.54) is 23.2 Å². The molecule has 37 heavy (non-hydrogen) atoms. The fourth-order valence-electron chi connectivity index (χ4n) is 3.61. The summed E-state index contributed by atoms with van der Waals surface area (Å²) >= 11 is 0. The van der Waals surface area contributed by atoms with Crippen molar-refractivity contribution in [1.82, 2.24) is 9.88 Å². The number of benzene rings is 1. The molecule has 1 heterocycles. The van der Waals surface area contributed by atoms with Crippen molar-refractivity contribution < 1.29 is 27.1 Å². The highest BCUT2D eigenvalue weighted by atomic mass is 19.4. The van der Waals surface area contributed by atoms with Crippen molar-refractivity contribution in [2.24, 2.45) is 4.99 Å². The molecule has 0 bridgehead atoms. The molecule has 1 saturated carbocycles. The van der Waals surface area contributed by atoms with Gasteiger partial charge in [-0.05, 0) is 25.8 Å². The van der Waals surface area contributed by atoms with Gasteiger partial charge in [0.05, 0.1) is 36.1 Å². The summed E-state index contributed by atoms with van der Waals surface area (Å²) in [4.78, 5) is 29.0. The third kappa shape index (κ3) is 5.91. The molecule has 1 aliphatic carbocycles. The van der Waals surface area contributed by atoms with Crippen molar-refractivity contribution in [1.29, 1.82) is 5.26 Å². The quantitative estimate of drug-likeness (QED) is 0.151. The highest BCUT2D eigenvalue weighted by molar-refractivity contribution is 6.07. The molecule has 1 aromatic heterocycles. The smallest absolute Gasteiger partial charge is 0.471 e. The summed E-state index contributed by atoms with van der Waals surface area (Å²) in [7, 11) is 1.21. The van der Waals surface area contributed by atoms with Gasteiger partial charge >= 0.3 is 12.1 Å². The lowest BCUT2D eigenvalue weighted by molar-refractivity contribution is -0.167. The molecule has 1 aliphatic rings. The molecule has 0 radical (unpaired) electrons. The largest absolute Gasteiger partial charge is 0.492 e. The molecule has 13 heteroatoms. The number of ether oxygens (including phenoxy) is 1. The van der Waals surface area contributed by atoms with E-state index in [1.807, 2.05) is 0 Å². The molecule has 1 amide bonds. The second-order valence-corrected chi connectivity index (χ2v) is 8.03. The van der Waals surface area contributed by atoms with Gasteiger partial charge < -0.3 is 25.3 Å². The Morgan fingerprint density at radius 3 is 2.65 bits per heavy atom. The Hall–Kier alpha value is -4.34. The monoisotopic (exact) mass is 520 g/mol. The molecule has 9 nitrogen and oxygen atoms in total. The summed E-state index contributed by atoms with van der Waals surface area (Å²) in [6, 6.07) is 1.50. The number of hydrogen-bond acceptors (Lipinski definition) is 6. The van der Waals surface area contributed by atoms with Crippen LogP contribution in [0.5, 0.6) is 5.75 Å². The van der Waals surface area contributed by atoms with E-state index in [4.69, 9.17) is 4.74 Å². The van der Waals surface area contributed by atoms with E-state index in [9.17, 15) is 28.0 Å². The van der Waals surface area contributed by atoms with E-state index >= 15 is 4.39 Å². The lowest BCUT2D eigenvalue weighted by atomic mass is 10.1. The van der Waals surface area contributed by atoms with E-state index in [0.717, 1.165) is 0 Å². The maximum absolute atomic E-state index is 15.7. The van der Waals surface area contributed by atoms with Gasteiger partial charge in [-0.25, -0.2) is 4.39 Å². The summed E-state index contributed by atoms with van der Waals surface area (Å²) < 4.78 is 61.9. The molecule has 3 N–H and O–H groups in total. The van der Waals surface area contributed by atoms with Crippen LogP contribution in [0, 0.1) is 17.1 Å². The first-order valence-corrected chi connectivity index (χ1v) is 11.1. The number of rotatable bonds is 9. The number of methoxy groups -OCH3 is 1. The third-order valence-corrected chi connectivity index (χ3v) is 5.41. The molecule has 3 rings (SSSR count). The van der Waals surface area contributed by atoms with Gasteiger partial charge in [0.2, 0.25) is 5.43 Å². The van der Waals surface area contributed by atoms with E-state index in [1.54, 1.807) is 31.3 Å². The topological polar surface area (TPSA) is 121 Å². The molecule has 1 fully saturated rings. The first-order valence-electron chi connectivity index (χ1n) is 11.1. The number of amides is 1. The van der Waals surface area contributed by atoms with Crippen molar-refractivity contribution in [3.63, 3.8) is 0 Å². The molecule has 2 aromatic rings. The Kier molecular flexibility index (Phi) is 8.21. The number of fused-ring (bicyclic) bond motifs is 1. The van der Waals surface area contributed by atoms with Crippen LogP contribution in [0.4, 0.5) is 28.9 Å². The zero-order chi connectivity index (χ0) is 27.3. The highest BCUT2D eigenvalue weighted by Gasteiger charge is 2.40. The number of halogens is 4. The lowest BCUT2D eigenvalue weighted by Crippen LogP contribution is -2.31. The van der Waals surface area contributed by atoms with Crippen molar-refractivity contribution in [3.05, 3.63) is 52.7 Å². The zero-order valence-electron chi connectivity index (χ0n) is 20.0. The lowest BCUT2D eigenvalue weighted by Gasteiger charge is -2.22. The van der Waals surface area contributed by atoms with Gasteiger partial charge in [0.1, 0.15) is 17.3 Å². The number of pyridine rings is 1. The number of aliphatic imine (C=N–C) groups is 1. The maximum atomic E-state index is 15.7. The number of amidine groups is 1. The third-order valence-electron chi connectivity index (χ3n) is 5.41. The number of anilines is 2. The molecular formula is C24H24F4N6O3. The van der Waals surface area contributed by atoms with Crippen LogP contribution in [0.2, 0.25) is 0 Å². The number of aromatic nitrogens is 1. The van der Waals surface area contributed by atoms with Crippen LogP contribution in [0.15, 0.2) is 40.9 Å². The number of alkyl halides is 3. The summed E-state index contributed by atoms with van der Waals surface area (Å²) in [5, 5.41) is 16.0. The van der Waals surface area contributed by atoms with Crippen LogP contribution >= 0.6 is 0 Å². The SMILES string of the molecule is C=C/C=C\NC(C)=NCCNc1c(F)c(NC(=O)C(F)(F)F)c2c(=O)c(C#N)cn(C3CC3)c2c1OC. The van der Waals surface area contributed by atoms with Crippen LogP contribution in [-0.2, 0) is 4.79 Å². The summed E-state index contributed by atoms with van der Waals surface area (Å²) in [6.45, 7) is 5.39. The van der Waals surface area contributed by atoms with Gasteiger partial charge in [-0.3, -0.25) is 14.6 Å². The number of nitriles is 1. The van der Waals surface area contributed by atoms with Gasteiger partial charge in [-0.2, -0.15) is 18.4 Å². The van der Waals surface area contributed by atoms with Crippen molar-refractivity contribution in [2.45, 2.75) is 32.0 Å². The predicted molar refractivity (Wildman–Crippen MR) is 131 cm³/mol. The minimum Gasteiger partial charge on any atom is -0.492 e. The summed E-state index contributed by atoms with van der Waals surface area (Å²) in [5.74, 6) is -3.43. The standard InChI is InChI=1S/C24H24F4N6O3/c1-4-5-8-30-13(2)31-9-10-32-19-17(25)18(33-23(36)24(26,27)28)16-20(22(19)37-3)34(15-6-7-15)12-14(11-29)21(16)35/h4-5,8,12,15,32H,1,6-7,9-10H2,2-3H3,(H,30,31)(H,33,36)/b8-5-. The number of nitrogens with one attached hydrogen (secondary N) is 3. The van der Waals surface area contributed by atoms with E-state index in [-0.39, 0.29) is 36.1 Å². The number of nitrogens with zero attached hydrogens (tertiary/aromatic N) is 3. The fraction of sp³-hybridized carbons (Fsp3) is 0.333. The van der Waals surface area contributed by atoms with Crippen LogP contribution in [0.3, 0.4) is 0 Å². The molecule has 196 valence electrons. The molecule has 0 aliphatic heterocycles. The van der Waals surface area contributed by atoms with Crippen LogP contribution < -0.4 is 26.1 Å². The van der Waals surface area contributed by atoms with Crippen molar-refractivity contribution >= 4 is 34.0 Å². The molecule has 0 spiro atoms. The zero-order valence-corrected chi connectivity index (χ0v) is 20.0. The average Bonchev–Trinajstić information content (AvgIpc) is 3.69. The Morgan fingerprint density at radius 2 is 2.08 bits per heavy atom. The highest BCUT2D eigenvalue weighted by Crippen LogP contribution is 2.45. The van der Waals surface area contributed by atoms with Gasteiger partial charge in [0.15, 0.2) is 11.6 Å². The Bertz CT molecular complexity index is 1380. The fourth-order valence-corrected chi connectivity index (χ4v) is 3.61. The van der Waals surface area contributed by atoms with Crippen molar-refractivity contribution in [3.8, 4) is 11.8 Å². The number of allylic oxidation sites excluding steroid dienone is 2. The molecule has 0 saturated heterocycles. The van der Waals surface area contributed by atoms with E-state index in [2.05, 4.69) is 22.2 Å². The Labute approximate surface area is 209 Å². The molecular weight excluding hydrogens is 496 g/mol. The van der Waals surface area contributed by atoms with Gasteiger partial charge in [0, 0.05) is 25.0 Å². The van der Waals surface area contributed by atoms with Crippen LogP contribution in [0.25, 0.3) is 10.9 Å². The molecule has 0 atom stereocenters. The molecule has 0 unspecified atom stereocenters. The van der Waals surface area contributed by atoms with Crippen molar-refractivity contribution in [2.75, 3.05) is 30.8 Å². The average molecular weight is 520 g/mol. The summed E-state index contributed by atoms with van der Waals surface area (Å²) in [6.07, 6.45) is 2.06. The first-order chi connectivity index (χ1) is 17.5. The number of carbonyl (C=O) groups is 1. The van der Waals surface area contributed by atoms with E-state index in [0.29, 0.717) is 18.7 Å². The Morgan fingerprint density at radius 1 is 1.38 bits per heavy atom. The van der Waals surface area contributed by atoms with Gasteiger partial charge in [-0.1, -0.05) is 12.7 Å². The van der Waals surface area contributed by atoms with Gasteiger partial charge in [0.25, 0.3) is 0 Å². The van der Waals surface area contributed by atoms with Crippen LogP contribution in [0.1, 0.15) is 31.4 Å². The normalized spacial score (nSPS) is 13.9. The first kappa shape index (κ1) is 27.3. The van der Waals surface area contributed by atoms with Crippen LogP contribution in [-0.4, -0.2) is 42.7 Å². The van der Waals surface area contributed by atoms with Gasteiger partial charge in [-0.15, -0.1) is 0 Å². The number of hydrogen-bond donors (Lipinski definition) is 3. The Balaban J connectivity index is 2.17. The number of carbonyl (C=O) groups excluding carboxylic acids is 1. The molecule has 1 aromatic carbocycles. The second-order valence-electron chi connectivity index (χ2n) is 8.03. The van der Waals surface area contributed by atoms with E-state index < -0.39 is 40.0 Å². The minimum absolute atomic E-state index is 0.0274.